The number of benzene rings is 3. The second-order valence-electron chi connectivity index (χ2n) is 7.65. The van der Waals surface area contributed by atoms with E-state index in [2.05, 4.69) is 15.0 Å². The molecule has 170 valence electrons. The van der Waals surface area contributed by atoms with Crippen molar-refractivity contribution < 1.29 is 17.9 Å². The van der Waals surface area contributed by atoms with E-state index in [0.717, 1.165) is 16.7 Å². The molecule has 0 bridgehead atoms. The van der Waals surface area contributed by atoms with Gasteiger partial charge in [0.1, 0.15) is 5.84 Å². The Morgan fingerprint density at radius 1 is 0.848 bits per heavy atom. The van der Waals surface area contributed by atoms with Crippen LogP contribution in [0.4, 0.5) is 0 Å². The molecule has 0 radical (unpaired) electrons. The third-order valence-corrected chi connectivity index (χ3v) is 6.56. The minimum absolute atomic E-state index is 0.149. The lowest BCUT2D eigenvalue weighted by Crippen LogP contribution is -2.25. The maximum Gasteiger partial charge on any atom is 0.263 e. The Hall–Kier alpha value is -3.49. The first-order valence-corrected chi connectivity index (χ1v) is 12.1. The molecule has 1 aliphatic heterocycles. The van der Waals surface area contributed by atoms with Gasteiger partial charge in [-0.2, -0.15) is 0 Å². The zero-order chi connectivity index (χ0) is 23.1. The molecule has 0 saturated carbocycles. The fourth-order valence-corrected chi connectivity index (χ4v) is 4.67. The molecule has 1 aliphatic rings. The van der Waals surface area contributed by atoms with E-state index in [9.17, 15) is 13.2 Å². The average Bonchev–Trinajstić information content (AvgIpc) is 3.09. The quantitative estimate of drug-likeness (QED) is 0.510. The number of aliphatic imine (C=N–C) groups is 1. The Morgan fingerprint density at radius 3 is 2.24 bits per heavy atom. The molecule has 0 aliphatic carbocycles. The molecule has 4 rings (SSSR count). The summed E-state index contributed by atoms with van der Waals surface area (Å²) in [7, 11) is -3.57. The molecule has 0 spiro atoms. The van der Waals surface area contributed by atoms with E-state index in [1.807, 2.05) is 54.6 Å². The van der Waals surface area contributed by atoms with E-state index in [0.29, 0.717) is 25.3 Å². The highest BCUT2D eigenvalue weighted by Gasteiger charge is 2.29. The number of fused-ring (bicyclic) bond motifs is 1. The number of carbonyl (C=O) groups is 1. The summed E-state index contributed by atoms with van der Waals surface area (Å²) in [6.07, 6.45) is 0.165. The van der Waals surface area contributed by atoms with Crippen LogP contribution in [0.3, 0.4) is 0 Å². The predicted octanol–water partition coefficient (Wildman–Crippen LogP) is 3.15. The number of amidine groups is 1. The minimum atomic E-state index is -3.57. The molecule has 1 amide bonds. The van der Waals surface area contributed by atoms with Crippen molar-refractivity contribution in [3.05, 3.63) is 101 Å². The number of nitrogens with zero attached hydrogens (tertiary/aromatic N) is 1. The van der Waals surface area contributed by atoms with Crippen molar-refractivity contribution in [1.82, 2.24) is 10.0 Å². The number of carbonyl (C=O) groups excluding carboxylic acids is 1. The molecule has 33 heavy (non-hydrogen) atoms. The lowest BCUT2D eigenvalue weighted by Gasteiger charge is -2.07. The van der Waals surface area contributed by atoms with Gasteiger partial charge >= 0.3 is 0 Å². The highest BCUT2D eigenvalue weighted by atomic mass is 32.2. The van der Waals surface area contributed by atoms with Crippen LogP contribution in [0.15, 0.2) is 88.8 Å². The molecule has 0 atom stereocenters. The summed E-state index contributed by atoms with van der Waals surface area (Å²) in [5, 5.41) is 2.87. The monoisotopic (exact) mass is 463 g/mol. The van der Waals surface area contributed by atoms with Crippen molar-refractivity contribution in [2.75, 3.05) is 6.54 Å². The highest BCUT2D eigenvalue weighted by Crippen LogP contribution is 2.22. The van der Waals surface area contributed by atoms with Crippen LogP contribution in [0.2, 0.25) is 0 Å². The third-order valence-electron chi connectivity index (χ3n) is 5.16. The molecule has 7 nitrogen and oxygen atoms in total. The lowest BCUT2D eigenvalue weighted by molar-refractivity contribution is -0.121. The summed E-state index contributed by atoms with van der Waals surface area (Å²) in [5.41, 5.74) is 3.72. The Balaban J connectivity index is 1.20. The van der Waals surface area contributed by atoms with E-state index in [-0.39, 0.29) is 29.6 Å². The zero-order valence-electron chi connectivity index (χ0n) is 18.0. The van der Waals surface area contributed by atoms with Crippen LogP contribution in [0.25, 0.3) is 0 Å². The number of sulfonamides is 1. The maximum atomic E-state index is 12.2. The van der Waals surface area contributed by atoms with Crippen LogP contribution in [-0.4, -0.2) is 26.7 Å². The molecular formula is C25H25N3O4S. The molecule has 2 N–H and O–H groups in total. The Morgan fingerprint density at radius 2 is 1.48 bits per heavy atom. The van der Waals surface area contributed by atoms with Crippen molar-refractivity contribution in [2.24, 2.45) is 4.99 Å². The minimum Gasteiger partial charge on any atom is -0.372 e. The second kappa shape index (κ2) is 10.4. The van der Waals surface area contributed by atoms with Crippen LogP contribution in [0.1, 0.15) is 28.7 Å². The average molecular weight is 464 g/mol. The van der Waals surface area contributed by atoms with Gasteiger partial charge < -0.3 is 10.1 Å². The standard InChI is InChI=1S/C25H25N3O4S/c29-24(14-15-26-25-22-8-4-5-9-23(22)33(30,31)28-25)27-16-19-10-12-21(13-11-19)18-32-17-20-6-2-1-3-7-20/h1-13H,14-18H2,(H,26,28)(H,27,29). The summed E-state index contributed by atoms with van der Waals surface area (Å²) in [6, 6.07) is 24.6. The van der Waals surface area contributed by atoms with Gasteiger partial charge in [0.05, 0.1) is 24.7 Å². The van der Waals surface area contributed by atoms with Gasteiger partial charge in [0.15, 0.2) is 0 Å². The Labute approximate surface area is 193 Å². The van der Waals surface area contributed by atoms with E-state index in [1.165, 1.54) is 6.07 Å². The van der Waals surface area contributed by atoms with Crippen LogP contribution < -0.4 is 10.0 Å². The molecule has 8 heteroatoms. The van der Waals surface area contributed by atoms with Gasteiger partial charge in [0.2, 0.25) is 5.91 Å². The van der Waals surface area contributed by atoms with Crippen LogP contribution in [0, 0.1) is 0 Å². The van der Waals surface area contributed by atoms with E-state index in [1.54, 1.807) is 18.2 Å². The Bertz CT molecular complexity index is 1240. The summed E-state index contributed by atoms with van der Waals surface area (Å²) in [5.74, 6) is 0.132. The maximum absolute atomic E-state index is 12.2. The third kappa shape index (κ3) is 6.06. The number of hydrogen-bond acceptors (Lipinski definition) is 5. The molecule has 0 saturated heterocycles. The normalized spacial score (nSPS) is 15.1. The molecule has 0 aromatic heterocycles. The smallest absolute Gasteiger partial charge is 0.263 e. The first kappa shape index (κ1) is 22.7. The number of rotatable bonds is 9. The SMILES string of the molecule is O=C(CCN=C1NS(=O)(=O)c2ccccc21)NCc1ccc(COCc2ccccc2)cc1. The van der Waals surface area contributed by atoms with E-state index < -0.39 is 10.0 Å². The fraction of sp³-hybridized carbons (Fsp3) is 0.200. The highest BCUT2D eigenvalue weighted by molar-refractivity contribution is 7.90. The van der Waals surface area contributed by atoms with Crippen molar-refractivity contribution >= 4 is 21.8 Å². The topological polar surface area (TPSA) is 96.9 Å². The van der Waals surface area contributed by atoms with Gasteiger partial charge in [-0.15, -0.1) is 0 Å². The van der Waals surface area contributed by atoms with Crippen LogP contribution in [0.5, 0.6) is 0 Å². The first-order chi connectivity index (χ1) is 16.0. The summed E-state index contributed by atoms with van der Waals surface area (Å²) in [4.78, 5) is 16.6. The number of hydrogen-bond donors (Lipinski definition) is 2. The summed E-state index contributed by atoms with van der Waals surface area (Å²) >= 11 is 0. The van der Waals surface area contributed by atoms with Crippen molar-refractivity contribution in [2.45, 2.75) is 31.1 Å². The number of ether oxygens (including phenoxy) is 1. The lowest BCUT2D eigenvalue weighted by atomic mass is 10.1. The van der Waals surface area contributed by atoms with E-state index in [4.69, 9.17) is 4.74 Å². The predicted molar refractivity (Wildman–Crippen MR) is 126 cm³/mol. The van der Waals surface area contributed by atoms with Crippen LogP contribution in [-0.2, 0) is 39.3 Å². The van der Waals surface area contributed by atoms with Crippen LogP contribution >= 0.6 is 0 Å². The number of nitrogens with one attached hydrogen (secondary N) is 2. The van der Waals surface area contributed by atoms with Gasteiger partial charge in [0, 0.05) is 18.5 Å². The van der Waals surface area contributed by atoms with Gasteiger partial charge in [-0.3, -0.25) is 14.5 Å². The summed E-state index contributed by atoms with van der Waals surface area (Å²) in [6.45, 7) is 1.69. The molecule has 1 heterocycles. The van der Waals surface area contributed by atoms with Gasteiger partial charge in [-0.1, -0.05) is 66.7 Å². The molecule has 3 aromatic carbocycles. The molecule has 0 fully saturated rings. The molecular weight excluding hydrogens is 438 g/mol. The molecule has 0 unspecified atom stereocenters. The van der Waals surface area contributed by atoms with Crippen molar-refractivity contribution in [3.63, 3.8) is 0 Å². The zero-order valence-corrected chi connectivity index (χ0v) is 18.8. The first-order valence-electron chi connectivity index (χ1n) is 10.6. The van der Waals surface area contributed by atoms with Crippen molar-refractivity contribution in [3.8, 4) is 0 Å². The Kier molecular flexibility index (Phi) is 7.16. The second-order valence-corrected chi connectivity index (χ2v) is 9.30. The van der Waals surface area contributed by atoms with Gasteiger partial charge in [-0.25, -0.2) is 8.42 Å². The van der Waals surface area contributed by atoms with Gasteiger partial charge in [0.25, 0.3) is 10.0 Å². The summed E-state index contributed by atoms with van der Waals surface area (Å²) < 4.78 is 32.4. The van der Waals surface area contributed by atoms with Gasteiger partial charge in [-0.05, 0) is 28.8 Å². The fourth-order valence-electron chi connectivity index (χ4n) is 3.42. The largest absolute Gasteiger partial charge is 0.372 e. The number of amides is 1. The van der Waals surface area contributed by atoms with Crippen molar-refractivity contribution in [1.29, 1.82) is 0 Å². The molecule has 3 aromatic rings. The van der Waals surface area contributed by atoms with E-state index >= 15 is 0 Å².